The fraction of sp³-hybridized carbons (Fsp3) is 0.172. The second kappa shape index (κ2) is 10.9. The van der Waals surface area contributed by atoms with Crippen molar-refractivity contribution in [1.82, 2.24) is 4.57 Å². The zero-order valence-corrected chi connectivity index (χ0v) is 24.6. The van der Waals surface area contributed by atoms with Crippen molar-refractivity contribution >= 4 is 68.1 Å². The normalized spacial score (nSPS) is 19.6. The molecule has 0 saturated carbocycles. The lowest BCUT2D eigenvalue weighted by molar-refractivity contribution is -0.122. The van der Waals surface area contributed by atoms with E-state index in [0.717, 1.165) is 33.1 Å². The number of nitrogens with one attached hydrogen (secondary N) is 1. The molecule has 3 aromatic carbocycles. The highest BCUT2D eigenvalue weighted by Gasteiger charge is 2.56. The molecule has 1 aromatic heterocycles. The van der Waals surface area contributed by atoms with Gasteiger partial charge in [0.15, 0.2) is 0 Å². The van der Waals surface area contributed by atoms with Crippen LogP contribution in [0.4, 0.5) is 15.8 Å². The quantitative estimate of drug-likeness (QED) is 0.285. The average molecular weight is 655 g/mol. The van der Waals surface area contributed by atoms with E-state index in [4.69, 9.17) is 4.74 Å². The van der Waals surface area contributed by atoms with Crippen molar-refractivity contribution in [3.63, 3.8) is 0 Å². The minimum absolute atomic E-state index is 0.302. The van der Waals surface area contributed by atoms with Gasteiger partial charge in [-0.25, -0.2) is 9.29 Å². The van der Waals surface area contributed by atoms with Gasteiger partial charge in [0.1, 0.15) is 23.4 Å². The number of hydrogen-bond donors (Lipinski definition) is 1. The highest BCUT2D eigenvalue weighted by atomic mass is 79.9. The Labute approximate surface area is 250 Å². The highest BCUT2D eigenvalue weighted by molar-refractivity contribution is 9.10. The average Bonchev–Trinajstić information content (AvgIpc) is 3.41. The van der Waals surface area contributed by atoms with E-state index >= 15 is 0 Å². The van der Waals surface area contributed by atoms with E-state index in [0.29, 0.717) is 27.0 Å². The summed E-state index contributed by atoms with van der Waals surface area (Å²) in [5.74, 6) is -2.36. The number of hydrogen-bond acceptors (Lipinski definition) is 7. The van der Waals surface area contributed by atoms with E-state index in [9.17, 15) is 23.6 Å². The molecule has 2 unspecified atom stereocenters. The third-order valence-electron chi connectivity index (χ3n) is 7.04. The first-order chi connectivity index (χ1) is 19.7. The van der Waals surface area contributed by atoms with Crippen LogP contribution in [0.2, 0.25) is 0 Å². The van der Waals surface area contributed by atoms with Gasteiger partial charge in [0.25, 0.3) is 0 Å². The molecule has 3 atom stereocenters. The van der Waals surface area contributed by atoms with E-state index in [1.807, 2.05) is 24.3 Å². The van der Waals surface area contributed by atoms with Crippen LogP contribution in [0.3, 0.4) is 0 Å². The number of rotatable bonds is 6. The van der Waals surface area contributed by atoms with Gasteiger partial charge in [-0.2, -0.15) is 0 Å². The number of carbonyl (C=O) groups is 3. The lowest BCUT2D eigenvalue weighted by Crippen LogP contribution is -2.33. The van der Waals surface area contributed by atoms with Gasteiger partial charge < -0.3 is 10.1 Å². The van der Waals surface area contributed by atoms with Crippen LogP contribution >= 0.6 is 39.0 Å². The Morgan fingerprint density at radius 2 is 1.66 bits per heavy atom. The first-order valence-electron chi connectivity index (χ1n) is 12.5. The Kier molecular flexibility index (Phi) is 7.30. The summed E-state index contributed by atoms with van der Waals surface area (Å²) in [5, 5.41) is 2.36. The van der Waals surface area contributed by atoms with Crippen LogP contribution in [0, 0.1) is 11.7 Å². The second-order valence-corrected chi connectivity index (χ2v) is 12.5. The van der Waals surface area contributed by atoms with Crippen molar-refractivity contribution in [2.75, 3.05) is 17.3 Å². The first kappa shape index (κ1) is 27.4. The summed E-state index contributed by atoms with van der Waals surface area (Å²) in [6.45, 7) is -0.302. The molecule has 208 valence electrons. The molecule has 1 fully saturated rings. The molecule has 8 nitrogen and oxygen atoms in total. The number of methoxy groups -OCH3 is 1. The number of thiazole rings is 1. The smallest absolute Gasteiger partial charge is 0.308 e. The SMILES string of the molecule is COc1ccc(N2C(=O)C3Sc4c(sc(=O)n4CC(=O)Nc4ccc(F)cc4)[C@H](c4ccc(Br)cc4)C3C2=O)cc1. The maximum Gasteiger partial charge on any atom is 0.308 e. The Bertz CT molecular complexity index is 1720. The third-order valence-corrected chi connectivity index (χ3v) is 10.2. The van der Waals surface area contributed by atoms with Crippen molar-refractivity contribution in [2.45, 2.75) is 22.7 Å². The standard InChI is InChI=1S/C29H21BrFN3O5S2/c1-39-20-12-10-19(11-13-20)34-26(36)23-22(15-2-4-16(30)5-3-15)25-28(40-24(23)27(34)37)33(29(38)41-25)14-21(35)32-18-8-6-17(31)7-9-18/h2-13,22-24H,14H2,1H3,(H,32,35)/t22-,23?,24?/m1/s1. The number of nitrogens with zero attached hydrogens (tertiary/aromatic N) is 2. The summed E-state index contributed by atoms with van der Waals surface area (Å²) < 4.78 is 20.7. The van der Waals surface area contributed by atoms with Gasteiger partial charge in [0.05, 0.1) is 23.7 Å². The molecule has 3 amide bonds. The van der Waals surface area contributed by atoms with E-state index in [1.54, 1.807) is 24.3 Å². The predicted molar refractivity (Wildman–Crippen MR) is 158 cm³/mol. The predicted octanol–water partition coefficient (Wildman–Crippen LogP) is 5.25. The van der Waals surface area contributed by atoms with Crippen LogP contribution in [0.5, 0.6) is 5.75 Å². The zero-order valence-electron chi connectivity index (χ0n) is 21.4. The molecule has 2 aliphatic heterocycles. The highest BCUT2D eigenvalue weighted by Crippen LogP contribution is 2.54. The molecular formula is C29H21BrFN3O5S2. The summed E-state index contributed by atoms with van der Waals surface area (Å²) in [6, 6.07) is 19.5. The number of ether oxygens (including phenoxy) is 1. The lowest BCUT2D eigenvalue weighted by Gasteiger charge is -2.30. The summed E-state index contributed by atoms with van der Waals surface area (Å²) in [6.07, 6.45) is 0. The van der Waals surface area contributed by atoms with Crippen molar-refractivity contribution in [3.8, 4) is 5.75 Å². The van der Waals surface area contributed by atoms with Gasteiger partial charge in [-0.15, -0.1) is 0 Å². The summed E-state index contributed by atoms with van der Waals surface area (Å²) in [5.41, 5.74) is 1.61. The molecular weight excluding hydrogens is 633 g/mol. The second-order valence-electron chi connectivity index (χ2n) is 9.48. The topological polar surface area (TPSA) is 97.7 Å². The summed E-state index contributed by atoms with van der Waals surface area (Å²) in [7, 11) is 1.53. The minimum atomic E-state index is -0.800. The number of amides is 3. The first-order valence-corrected chi connectivity index (χ1v) is 15.0. The summed E-state index contributed by atoms with van der Waals surface area (Å²) in [4.78, 5) is 55.4. The van der Waals surface area contributed by atoms with E-state index < -0.39 is 28.8 Å². The number of halogens is 2. The monoisotopic (exact) mass is 653 g/mol. The molecule has 3 heterocycles. The molecule has 1 N–H and O–H groups in total. The Hall–Kier alpha value is -3.74. The molecule has 0 radical (unpaired) electrons. The Balaban J connectivity index is 1.39. The minimum Gasteiger partial charge on any atom is -0.497 e. The van der Waals surface area contributed by atoms with Crippen molar-refractivity contribution < 1.29 is 23.5 Å². The number of thioether (sulfide) groups is 1. The number of anilines is 2. The number of fused-ring (bicyclic) bond motifs is 2. The van der Waals surface area contributed by atoms with E-state index in [1.165, 1.54) is 40.8 Å². The summed E-state index contributed by atoms with van der Waals surface area (Å²) >= 11 is 5.56. The largest absolute Gasteiger partial charge is 0.497 e. The number of aromatic nitrogens is 1. The van der Waals surface area contributed by atoms with Crippen LogP contribution in [0.15, 0.2) is 87.1 Å². The van der Waals surface area contributed by atoms with Crippen LogP contribution in [0.25, 0.3) is 0 Å². The van der Waals surface area contributed by atoms with Gasteiger partial charge >= 0.3 is 4.87 Å². The van der Waals surface area contributed by atoms with Crippen LogP contribution in [-0.2, 0) is 20.9 Å². The van der Waals surface area contributed by atoms with Crippen LogP contribution < -0.4 is 19.8 Å². The van der Waals surface area contributed by atoms with Gasteiger partial charge in [-0.1, -0.05) is 51.2 Å². The molecule has 6 rings (SSSR count). The number of carbonyl (C=O) groups excluding carboxylic acids is 3. The maximum absolute atomic E-state index is 13.9. The van der Waals surface area contributed by atoms with Gasteiger partial charge in [0.2, 0.25) is 17.7 Å². The molecule has 4 aromatic rings. The van der Waals surface area contributed by atoms with Crippen molar-refractivity contribution in [1.29, 1.82) is 0 Å². The molecule has 2 aliphatic rings. The van der Waals surface area contributed by atoms with Gasteiger partial charge in [0, 0.05) is 21.0 Å². The van der Waals surface area contributed by atoms with Crippen LogP contribution in [-0.4, -0.2) is 34.6 Å². The molecule has 0 aliphatic carbocycles. The van der Waals surface area contributed by atoms with E-state index in [-0.39, 0.29) is 23.2 Å². The maximum atomic E-state index is 13.9. The molecule has 41 heavy (non-hydrogen) atoms. The number of benzene rings is 3. The number of imide groups is 1. The third kappa shape index (κ3) is 5.00. The van der Waals surface area contributed by atoms with Gasteiger partial charge in [-0.05, 0) is 66.2 Å². The molecule has 1 saturated heterocycles. The molecule has 0 spiro atoms. The van der Waals surface area contributed by atoms with Crippen LogP contribution in [0.1, 0.15) is 16.4 Å². The molecule has 12 heteroatoms. The Morgan fingerprint density at radius 3 is 2.32 bits per heavy atom. The lowest BCUT2D eigenvalue weighted by atomic mass is 9.83. The van der Waals surface area contributed by atoms with Crippen molar-refractivity contribution in [2.24, 2.45) is 5.92 Å². The Morgan fingerprint density at radius 1 is 0.976 bits per heavy atom. The van der Waals surface area contributed by atoms with Gasteiger partial charge in [-0.3, -0.25) is 23.7 Å². The zero-order chi connectivity index (χ0) is 28.8. The van der Waals surface area contributed by atoms with E-state index in [2.05, 4.69) is 21.2 Å². The fourth-order valence-electron chi connectivity index (χ4n) is 5.15. The molecule has 0 bridgehead atoms. The van der Waals surface area contributed by atoms with Crippen molar-refractivity contribution in [3.05, 3.63) is 103 Å². The fourth-order valence-corrected chi connectivity index (χ4v) is 8.19.